The van der Waals surface area contributed by atoms with Crippen LogP contribution in [0.25, 0.3) is 0 Å². The van der Waals surface area contributed by atoms with Crippen LogP contribution in [0.2, 0.25) is 0 Å². The molecule has 1 aliphatic rings. The number of thiophene rings is 1. The van der Waals surface area contributed by atoms with Crippen molar-refractivity contribution >= 4 is 27.3 Å². The Balaban J connectivity index is 2.19. The molecule has 0 saturated carbocycles. The molecule has 1 aromatic heterocycles. The Bertz CT molecular complexity index is 324. The van der Waals surface area contributed by atoms with Crippen molar-refractivity contribution in [3.05, 3.63) is 20.3 Å². The molecule has 1 atom stereocenters. The van der Waals surface area contributed by atoms with Gasteiger partial charge in [0.05, 0.1) is 0 Å². The highest BCUT2D eigenvalue weighted by Gasteiger charge is 2.24. The molecular formula is C10H15BrN2S. The number of hydrogen-bond acceptors (Lipinski definition) is 3. The van der Waals surface area contributed by atoms with Gasteiger partial charge < -0.3 is 10.6 Å². The molecule has 1 saturated heterocycles. The number of rotatable bonds is 2. The highest BCUT2D eigenvalue weighted by atomic mass is 79.9. The molecule has 0 aliphatic carbocycles. The van der Waals surface area contributed by atoms with Gasteiger partial charge in [0.1, 0.15) is 0 Å². The predicted octanol–water partition coefficient (Wildman–Crippen LogP) is 2.39. The first kappa shape index (κ1) is 10.6. The van der Waals surface area contributed by atoms with Crippen molar-refractivity contribution in [2.45, 2.75) is 18.9 Å². The quantitative estimate of drug-likeness (QED) is 0.898. The van der Waals surface area contributed by atoms with Gasteiger partial charge in [-0.3, -0.25) is 0 Å². The molecule has 14 heavy (non-hydrogen) atoms. The molecule has 1 unspecified atom stereocenters. The third-order valence-electron chi connectivity index (χ3n) is 2.73. The zero-order valence-electron chi connectivity index (χ0n) is 8.29. The Morgan fingerprint density at radius 3 is 3.00 bits per heavy atom. The topological polar surface area (TPSA) is 29.3 Å². The first-order chi connectivity index (χ1) is 6.70. The molecule has 0 amide bonds. The summed E-state index contributed by atoms with van der Waals surface area (Å²) in [6, 6.07) is 2.16. The monoisotopic (exact) mass is 274 g/mol. The maximum atomic E-state index is 5.64. The van der Waals surface area contributed by atoms with E-state index in [2.05, 4.69) is 33.9 Å². The standard InChI is InChI=1S/C10H15BrN2S/c1-13-3-2-7(6-13)10-9(11)4-8(5-12)14-10/h4,7H,2-3,5-6,12H2,1H3. The number of hydrogen-bond donors (Lipinski definition) is 1. The Kier molecular flexibility index (Phi) is 3.27. The van der Waals surface area contributed by atoms with E-state index in [4.69, 9.17) is 5.73 Å². The minimum absolute atomic E-state index is 0.659. The summed E-state index contributed by atoms with van der Waals surface area (Å²) in [5, 5.41) is 0. The van der Waals surface area contributed by atoms with Crippen LogP contribution in [0.15, 0.2) is 10.5 Å². The van der Waals surface area contributed by atoms with Gasteiger partial charge in [0.15, 0.2) is 0 Å². The number of nitrogens with two attached hydrogens (primary N) is 1. The summed E-state index contributed by atoms with van der Waals surface area (Å²) in [6.45, 7) is 3.06. The van der Waals surface area contributed by atoms with E-state index >= 15 is 0 Å². The highest BCUT2D eigenvalue weighted by molar-refractivity contribution is 9.10. The lowest BCUT2D eigenvalue weighted by Gasteiger charge is -2.08. The predicted molar refractivity (Wildman–Crippen MR) is 64.8 cm³/mol. The lowest BCUT2D eigenvalue weighted by Crippen LogP contribution is -2.13. The summed E-state index contributed by atoms with van der Waals surface area (Å²) in [7, 11) is 2.19. The average molecular weight is 275 g/mol. The summed E-state index contributed by atoms with van der Waals surface area (Å²) in [4.78, 5) is 5.15. The lowest BCUT2D eigenvalue weighted by atomic mass is 10.1. The van der Waals surface area contributed by atoms with Gasteiger partial charge in [-0.05, 0) is 42.0 Å². The molecule has 1 fully saturated rings. The minimum atomic E-state index is 0.659. The molecule has 0 bridgehead atoms. The third kappa shape index (κ3) is 2.03. The average Bonchev–Trinajstić information content (AvgIpc) is 2.71. The molecule has 0 radical (unpaired) electrons. The van der Waals surface area contributed by atoms with E-state index in [1.807, 2.05) is 11.3 Å². The largest absolute Gasteiger partial charge is 0.326 e. The number of nitrogens with zero attached hydrogens (tertiary/aromatic N) is 1. The van der Waals surface area contributed by atoms with Crippen molar-refractivity contribution < 1.29 is 0 Å². The van der Waals surface area contributed by atoms with Crippen LogP contribution in [0.4, 0.5) is 0 Å². The second-order valence-corrected chi connectivity index (χ2v) is 5.90. The Morgan fingerprint density at radius 2 is 2.50 bits per heavy atom. The van der Waals surface area contributed by atoms with Crippen LogP contribution in [-0.4, -0.2) is 25.0 Å². The molecule has 1 aromatic rings. The summed E-state index contributed by atoms with van der Waals surface area (Å²) in [5.41, 5.74) is 5.64. The SMILES string of the molecule is CN1CCC(c2sc(CN)cc2Br)C1. The highest BCUT2D eigenvalue weighted by Crippen LogP contribution is 2.37. The number of likely N-dealkylation sites (tertiary alicyclic amines) is 1. The maximum absolute atomic E-state index is 5.64. The minimum Gasteiger partial charge on any atom is -0.326 e. The van der Waals surface area contributed by atoms with Crippen molar-refractivity contribution in [2.24, 2.45) is 5.73 Å². The van der Waals surface area contributed by atoms with Crippen molar-refractivity contribution in [1.82, 2.24) is 4.90 Å². The van der Waals surface area contributed by atoms with Crippen LogP contribution in [0.1, 0.15) is 22.1 Å². The summed E-state index contributed by atoms with van der Waals surface area (Å²) in [5.74, 6) is 0.708. The number of likely N-dealkylation sites (N-methyl/N-ethyl adjacent to an activating group) is 1. The molecule has 0 spiro atoms. The smallest absolute Gasteiger partial charge is 0.0321 e. The van der Waals surface area contributed by atoms with Crippen LogP contribution in [0, 0.1) is 0 Å². The first-order valence-electron chi connectivity index (χ1n) is 4.87. The molecule has 4 heteroatoms. The molecule has 2 heterocycles. The van der Waals surface area contributed by atoms with E-state index < -0.39 is 0 Å². The van der Waals surface area contributed by atoms with Gasteiger partial charge in [0.25, 0.3) is 0 Å². The molecule has 2 nitrogen and oxygen atoms in total. The van der Waals surface area contributed by atoms with E-state index in [0.717, 1.165) is 0 Å². The van der Waals surface area contributed by atoms with Gasteiger partial charge in [0, 0.05) is 33.2 Å². The Hall–Kier alpha value is 0.100. The summed E-state index contributed by atoms with van der Waals surface area (Å²) < 4.78 is 1.25. The molecule has 78 valence electrons. The van der Waals surface area contributed by atoms with Crippen LogP contribution in [0.3, 0.4) is 0 Å². The normalized spacial score (nSPS) is 23.2. The lowest BCUT2D eigenvalue weighted by molar-refractivity contribution is 0.412. The molecular weight excluding hydrogens is 260 g/mol. The molecule has 1 aliphatic heterocycles. The van der Waals surface area contributed by atoms with E-state index in [1.165, 1.54) is 33.7 Å². The van der Waals surface area contributed by atoms with Gasteiger partial charge in [0.2, 0.25) is 0 Å². The fourth-order valence-corrected chi connectivity index (χ4v) is 4.01. The van der Waals surface area contributed by atoms with Crippen LogP contribution < -0.4 is 5.73 Å². The van der Waals surface area contributed by atoms with E-state index in [9.17, 15) is 0 Å². The van der Waals surface area contributed by atoms with Gasteiger partial charge in [-0.25, -0.2) is 0 Å². The fourth-order valence-electron chi connectivity index (χ4n) is 1.96. The van der Waals surface area contributed by atoms with Gasteiger partial charge in [-0.2, -0.15) is 0 Å². The van der Waals surface area contributed by atoms with Gasteiger partial charge in [-0.15, -0.1) is 11.3 Å². The van der Waals surface area contributed by atoms with Crippen molar-refractivity contribution in [2.75, 3.05) is 20.1 Å². The molecule has 2 N–H and O–H groups in total. The third-order valence-corrected chi connectivity index (χ3v) is 4.97. The maximum Gasteiger partial charge on any atom is 0.0321 e. The van der Waals surface area contributed by atoms with Gasteiger partial charge in [-0.1, -0.05) is 0 Å². The van der Waals surface area contributed by atoms with E-state index in [1.54, 1.807) is 0 Å². The zero-order chi connectivity index (χ0) is 10.1. The van der Waals surface area contributed by atoms with Gasteiger partial charge >= 0.3 is 0 Å². The molecule has 0 aromatic carbocycles. The Labute approximate surface area is 97.2 Å². The van der Waals surface area contributed by atoms with E-state index in [-0.39, 0.29) is 0 Å². The zero-order valence-corrected chi connectivity index (χ0v) is 10.7. The van der Waals surface area contributed by atoms with Crippen LogP contribution in [-0.2, 0) is 6.54 Å². The van der Waals surface area contributed by atoms with Crippen molar-refractivity contribution in [3.63, 3.8) is 0 Å². The van der Waals surface area contributed by atoms with Crippen molar-refractivity contribution in [1.29, 1.82) is 0 Å². The second-order valence-electron chi connectivity index (χ2n) is 3.88. The fraction of sp³-hybridized carbons (Fsp3) is 0.600. The van der Waals surface area contributed by atoms with Crippen molar-refractivity contribution in [3.8, 4) is 0 Å². The molecule has 2 rings (SSSR count). The first-order valence-corrected chi connectivity index (χ1v) is 6.48. The summed E-state index contributed by atoms with van der Waals surface area (Å²) >= 11 is 5.48. The van der Waals surface area contributed by atoms with Crippen LogP contribution in [0.5, 0.6) is 0 Å². The Morgan fingerprint density at radius 1 is 1.71 bits per heavy atom. The second kappa shape index (κ2) is 4.31. The van der Waals surface area contributed by atoms with E-state index in [0.29, 0.717) is 12.5 Å². The summed E-state index contributed by atoms with van der Waals surface area (Å²) in [6.07, 6.45) is 1.28. The number of halogens is 1. The van der Waals surface area contributed by atoms with Crippen LogP contribution >= 0.6 is 27.3 Å².